The van der Waals surface area contributed by atoms with E-state index in [0.717, 1.165) is 12.8 Å². The molecule has 0 fully saturated rings. The summed E-state index contributed by atoms with van der Waals surface area (Å²) in [5, 5.41) is 0. The molecule has 0 rings (SSSR count). The monoisotopic (exact) mass is 298 g/mol. The highest BCUT2D eigenvalue weighted by Gasteiger charge is 2.03. The van der Waals surface area contributed by atoms with Gasteiger partial charge in [-0.05, 0) is 6.42 Å². The highest BCUT2D eigenvalue weighted by molar-refractivity contribution is 5.78. The molecule has 0 heterocycles. The van der Waals surface area contributed by atoms with Gasteiger partial charge < -0.3 is 4.74 Å². The maximum Gasteiger partial charge on any atom is 0.302 e. The number of esters is 1. The quantitative estimate of drug-likeness (QED) is 0.308. The average Bonchev–Trinajstić information content (AvgIpc) is 2.44. The van der Waals surface area contributed by atoms with Crippen molar-refractivity contribution in [2.75, 3.05) is 6.61 Å². The van der Waals surface area contributed by atoms with Crippen LogP contribution in [0.4, 0.5) is 0 Å². The van der Waals surface area contributed by atoms with Gasteiger partial charge in [0.05, 0.1) is 6.61 Å². The third-order valence-corrected chi connectivity index (χ3v) is 3.75. The van der Waals surface area contributed by atoms with Crippen molar-refractivity contribution in [1.29, 1.82) is 0 Å². The molecule has 124 valence electrons. The van der Waals surface area contributed by atoms with E-state index in [4.69, 9.17) is 4.74 Å². The molecule has 0 N–H and O–H groups in total. The molecule has 0 saturated carbocycles. The number of unbranched alkanes of at least 4 members (excludes halogenated alkanes) is 10. The largest absolute Gasteiger partial charge is 0.465 e. The Morgan fingerprint density at radius 1 is 0.714 bits per heavy atom. The van der Waals surface area contributed by atoms with Crippen molar-refractivity contribution < 1.29 is 14.3 Å². The van der Waals surface area contributed by atoms with Crippen molar-refractivity contribution in [3.8, 4) is 0 Å². The van der Waals surface area contributed by atoms with Crippen molar-refractivity contribution in [2.45, 2.75) is 97.3 Å². The van der Waals surface area contributed by atoms with Gasteiger partial charge in [0.15, 0.2) is 0 Å². The molecule has 0 aromatic rings. The Balaban J connectivity index is 3.14. The van der Waals surface area contributed by atoms with Gasteiger partial charge in [0, 0.05) is 19.8 Å². The minimum absolute atomic E-state index is 0.215. The van der Waals surface area contributed by atoms with Crippen LogP contribution in [0.5, 0.6) is 0 Å². The molecule has 0 saturated heterocycles. The van der Waals surface area contributed by atoms with Crippen LogP contribution < -0.4 is 0 Å². The van der Waals surface area contributed by atoms with Crippen molar-refractivity contribution in [2.24, 2.45) is 0 Å². The summed E-state index contributed by atoms with van der Waals surface area (Å²) >= 11 is 0. The van der Waals surface area contributed by atoms with Crippen molar-refractivity contribution in [1.82, 2.24) is 0 Å². The summed E-state index contributed by atoms with van der Waals surface area (Å²) in [5.74, 6) is -0.0929. The van der Waals surface area contributed by atoms with E-state index in [1.165, 1.54) is 64.7 Å². The first-order valence-electron chi connectivity index (χ1n) is 8.82. The molecule has 0 aliphatic heterocycles. The van der Waals surface area contributed by atoms with E-state index in [9.17, 15) is 9.59 Å². The average molecular weight is 298 g/mol. The Labute approximate surface area is 130 Å². The zero-order valence-corrected chi connectivity index (χ0v) is 14.1. The fourth-order valence-corrected chi connectivity index (χ4v) is 2.42. The SMILES string of the molecule is CCCCCCCCCCCCCC(=O)CCOC(C)=O. The number of carbonyl (C=O) groups is 2. The molecule has 0 aliphatic rings. The lowest BCUT2D eigenvalue weighted by Gasteiger charge is -2.03. The minimum atomic E-state index is -0.308. The molecule has 0 spiro atoms. The minimum Gasteiger partial charge on any atom is -0.465 e. The van der Waals surface area contributed by atoms with E-state index in [-0.39, 0.29) is 18.4 Å². The maximum absolute atomic E-state index is 11.5. The summed E-state index contributed by atoms with van der Waals surface area (Å²) in [6.45, 7) is 3.86. The van der Waals surface area contributed by atoms with Crippen LogP contribution in [0.15, 0.2) is 0 Å². The Hall–Kier alpha value is -0.860. The second-order valence-corrected chi connectivity index (χ2v) is 5.91. The number of Topliss-reactive ketones (excluding diaryl/α,β-unsaturated/α-hetero) is 1. The number of carbonyl (C=O) groups excluding carboxylic acids is 2. The highest BCUT2D eigenvalue weighted by atomic mass is 16.5. The first kappa shape index (κ1) is 20.1. The Morgan fingerprint density at radius 3 is 1.67 bits per heavy atom. The fraction of sp³-hybridized carbons (Fsp3) is 0.889. The highest BCUT2D eigenvalue weighted by Crippen LogP contribution is 2.12. The zero-order chi connectivity index (χ0) is 15.8. The molecule has 0 atom stereocenters. The molecule has 3 nitrogen and oxygen atoms in total. The maximum atomic E-state index is 11.5. The van der Waals surface area contributed by atoms with Gasteiger partial charge in [-0.25, -0.2) is 0 Å². The second-order valence-electron chi connectivity index (χ2n) is 5.91. The summed E-state index contributed by atoms with van der Waals surface area (Å²) < 4.78 is 4.76. The van der Waals surface area contributed by atoms with Gasteiger partial charge in [-0.2, -0.15) is 0 Å². The van der Waals surface area contributed by atoms with Crippen LogP contribution in [0.1, 0.15) is 97.3 Å². The van der Waals surface area contributed by atoms with Crippen molar-refractivity contribution in [3.05, 3.63) is 0 Å². The van der Waals surface area contributed by atoms with Crippen LogP contribution in [-0.2, 0) is 14.3 Å². The zero-order valence-electron chi connectivity index (χ0n) is 14.1. The predicted octanol–water partition coefficient (Wildman–Crippen LogP) is 5.21. The normalized spacial score (nSPS) is 10.6. The smallest absolute Gasteiger partial charge is 0.302 e. The summed E-state index contributed by atoms with van der Waals surface area (Å²) in [6, 6.07) is 0. The molecule has 0 aromatic heterocycles. The molecule has 0 aliphatic carbocycles. The van der Waals surface area contributed by atoms with Crippen LogP contribution in [0.3, 0.4) is 0 Å². The summed E-state index contributed by atoms with van der Waals surface area (Å²) in [6.07, 6.45) is 15.3. The fourth-order valence-electron chi connectivity index (χ4n) is 2.42. The number of ketones is 1. The van der Waals surface area contributed by atoms with E-state index < -0.39 is 0 Å². The van der Waals surface area contributed by atoms with E-state index in [1.807, 2.05) is 0 Å². The third-order valence-electron chi connectivity index (χ3n) is 3.75. The summed E-state index contributed by atoms with van der Waals surface area (Å²) in [4.78, 5) is 22.0. The second kappa shape index (κ2) is 15.5. The van der Waals surface area contributed by atoms with Gasteiger partial charge >= 0.3 is 5.97 Å². The third kappa shape index (κ3) is 17.1. The topological polar surface area (TPSA) is 43.4 Å². The Kier molecular flexibility index (Phi) is 14.9. The van der Waals surface area contributed by atoms with E-state index in [1.54, 1.807) is 0 Å². The molecular formula is C18H34O3. The van der Waals surface area contributed by atoms with Gasteiger partial charge in [0.25, 0.3) is 0 Å². The first-order valence-corrected chi connectivity index (χ1v) is 8.82. The van der Waals surface area contributed by atoms with Gasteiger partial charge in [-0.3, -0.25) is 9.59 Å². The summed E-state index contributed by atoms with van der Waals surface area (Å²) in [7, 11) is 0. The van der Waals surface area contributed by atoms with Crippen molar-refractivity contribution >= 4 is 11.8 Å². The Morgan fingerprint density at radius 2 is 1.19 bits per heavy atom. The van der Waals surface area contributed by atoms with Crippen LogP contribution >= 0.6 is 0 Å². The molecule has 0 aromatic carbocycles. The van der Waals surface area contributed by atoms with Gasteiger partial charge in [0.2, 0.25) is 0 Å². The molecule has 3 heteroatoms. The molecule has 0 radical (unpaired) electrons. The molecule has 21 heavy (non-hydrogen) atoms. The molecule has 0 bridgehead atoms. The molecule has 0 unspecified atom stereocenters. The first-order chi connectivity index (χ1) is 10.2. The number of hydrogen-bond acceptors (Lipinski definition) is 3. The van der Waals surface area contributed by atoms with Gasteiger partial charge in [-0.1, -0.05) is 71.1 Å². The van der Waals surface area contributed by atoms with Crippen LogP contribution in [0, 0.1) is 0 Å². The molecule has 0 amide bonds. The lowest BCUT2D eigenvalue weighted by atomic mass is 10.0. The number of hydrogen-bond donors (Lipinski definition) is 0. The standard InChI is InChI=1S/C18H34O3/c1-3-4-5-6-7-8-9-10-11-12-13-14-18(20)15-16-21-17(2)19/h3-16H2,1-2H3. The van der Waals surface area contributed by atoms with Gasteiger partial charge in [-0.15, -0.1) is 0 Å². The van der Waals surface area contributed by atoms with Crippen LogP contribution in [0.25, 0.3) is 0 Å². The molecular weight excluding hydrogens is 264 g/mol. The Bertz CT molecular complexity index is 261. The number of ether oxygens (including phenoxy) is 1. The van der Waals surface area contributed by atoms with Crippen LogP contribution in [-0.4, -0.2) is 18.4 Å². The predicted molar refractivity (Wildman–Crippen MR) is 87.3 cm³/mol. The van der Waals surface area contributed by atoms with E-state index in [2.05, 4.69) is 6.92 Å². The lowest BCUT2D eigenvalue weighted by Crippen LogP contribution is -2.06. The number of rotatable bonds is 15. The van der Waals surface area contributed by atoms with E-state index >= 15 is 0 Å². The van der Waals surface area contributed by atoms with E-state index in [0.29, 0.717) is 12.8 Å². The summed E-state index contributed by atoms with van der Waals surface area (Å²) in [5.41, 5.74) is 0. The van der Waals surface area contributed by atoms with Crippen molar-refractivity contribution in [3.63, 3.8) is 0 Å². The van der Waals surface area contributed by atoms with Crippen LogP contribution in [0.2, 0.25) is 0 Å². The van der Waals surface area contributed by atoms with Gasteiger partial charge in [0.1, 0.15) is 5.78 Å². The lowest BCUT2D eigenvalue weighted by molar-refractivity contribution is -0.141.